The van der Waals surface area contributed by atoms with E-state index in [9.17, 15) is 0 Å². The third kappa shape index (κ3) is 3.68. The summed E-state index contributed by atoms with van der Waals surface area (Å²) in [6, 6.07) is 8.23. The lowest BCUT2D eigenvalue weighted by molar-refractivity contribution is 0.400. The number of ether oxygens (including phenoxy) is 1. The number of likely N-dealkylation sites (N-methyl/N-ethyl adjacent to an activating group) is 1. The van der Waals surface area contributed by atoms with Gasteiger partial charge in [0.1, 0.15) is 5.75 Å². The van der Waals surface area contributed by atoms with Crippen LogP contribution in [0.25, 0.3) is 0 Å². The maximum Gasteiger partial charge on any atom is 0.118 e. The van der Waals surface area contributed by atoms with E-state index >= 15 is 0 Å². The summed E-state index contributed by atoms with van der Waals surface area (Å²) in [5, 5.41) is 0. The van der Waals surface area contributed by atoms with Gasteiger partial charge in [0.2, 0.25) is 0 Å². The lowest BCUT2D eigenvalue weighted by Crippen LogP contribution is -2.18. The van der Waals surface area contributed by atoms with Crippen LogP contribution in [0.3, 0.4) is 0 Å². The van der Waals surface area contributed by atoms with E-state index < -0.39 is 0 Å². The number of hydrogen-bond donors (Lipinski definition) is 0. The molecule has 0 radical (unpaired) electrons. The molecule has 0 N–H and O–H groups in total. The number of halogens is 1. The van der Waals surface area contributed by atoms with Gasteiger partial charge in [-0.3, -0.25) is 4.90 Å². The molecule has 1 aromatic carbocycles. The minimum absolute atomic E-state index is 0.919. The van der Waals surface area contributed by atoms with Crippen molar-refractivity contribution in [1.29, 1.82) is 0 Å². The first kappa shape index (κ1) is 11.5. The zero-order chi connectivity index (χ0) is 10.4. The van der Waals surface area contributed by atoms with E-state index in [1.165, 1.54) is 5.56 Å². The molecular formula is C11H16BrNO. The minimum atomic E-state index is 0.919. The molecular weight excluding hydrogens is 242 g/mol. The smallest absolute Gasteiger partial charge is 0.118 e. The van der Waals surface area contributed by atoms with E-state index in [1.807, 2.05) is 12.1 Å². The van der Waals surface area contributed by atoms with E-state index in [1.54, 1.807) is 7.11 Å². The average Bonchev–Trinajstić information content (AvgIpc) is 2.26. The minimum Gasteiger partial charge on any atom is -0.497 e. The largest absolute Gasteiger partial charge is 0.497 e. The van der Waals surface area contributed by atoms with Crippen molar-refractivity contribution < 1.29 is 4.74 Å². The Hall–Kier alpha value is -0.540. The van der Waals surface area contributed by atoms with Gasteiger partial charge in [0.15, 0.2) is 0 Å². The highest BCUT2D eigenvalue weighted by molar-refractivity contribution is 9.09. The van der Waals surface area contributed by atoms with E-state index in [4.69, 9.17) is 4.74 Å². The zero-order valence-electron chi connectivity index (χ0n) is 8.66. The number of methoxy groups -OCH3 is 1. The summed E-state index contributed by atoms with van der Waals surface area (Å²) in [4.78, 5) is 2.23. The predicted molar refractivity (Wildman–Crippen MR) is 63.1 cm³/mol. The standard InChI is InChI=1S/C11H16BrNO/c1-13(9-12)8-7-10-3-5-11(14-2)6-4-10/h3-6H,7-9H2,1-2H3. The maximum atomic E-state index is 5.10. The molecule has 0 heterocycles. The third-order valence-corrected chi connectivity index (χ3v) is 3.00. The first-order valence-electron chi connectivity index (χ1n) is 4.63. The number of nitrogens with zero attached hydrogens (tertiary/aromatic N) is 1. The van der Waals surface area contributed by atoms with Crippen LogP contribution in [-0.4, -0.2) is 31.1 Å². The Kier molecular flexibility index (Phi) is 4.98. The molecule has 3 heteroatoms. The average molecular weight is 258 g/mol. The molecule has 0 amide bonds. The van der Waals surface area contributed by atoms with Gasteiger partial charge in [-0.25, -0.2) is 0 Å². The van der Waals surface area contributed by atoms with Crippen molar-refractivity contribution in [2.75, 3.05) is 26.2 Å². The van der Waals surface area contributed by atoms with E-state index in [0.717, 1.165) is 24.2 Å². The molecule has 0 atom stereocenters. The summed E-state index contributed by atoms with van der Waals surface area (Å²) in [5.74, 6) is 0.919. The SMILES string of the molecule is COc1ccc(CCN(C)CBr)cc1. The van der Waals surface area contributed by atoms with Gasteiger partial charge in [-0.05, 0) is 31.2 Å². The van der Waals surface area contributed by atoms with E-state index in [-0.39, 0.29) is 0 Å². The van der Waals surface area contributed by atoms with Crippen molar-refractivity contribution >= 4 is 15.9 Å². The van der Waals surface area contributed by atoms with E-state index in [2.05, 4.69) is 40.0 Å². The van der Waals surface area contributed by atoms with E-state index in [0.29, 0.717) is 0 Å². The Morgan fingerprint density at radius 2 is 1.93 bits per heavy atom. The highest BCUT2D eigenvalue weighted by Gasteiger charge is 1.97. The molecule has 0 aromatic heterocycles. The fraction of sp³-hybridized carbons (Fsp3) is 0.455. The molecule has 0 saturated carbocycles. The van der Waals surface area contributed by atoms with Crippen LogP contribution >= 0.6 is 15.9 Å². The van der Waals surface area contributed by atoms with Crippen molar-refractivity contribution in [3.63, 3.8) is 0 Å². The zero-order valence-corrected chi connectivity index (χ0v) is 10.3. The second-order valence-corrected chi connectivity index (χ2v) is 3.80. The molecule has 0 aliphatic carbocycles. The maximum absolute atomic E-state index is 5.10. The molecule has 0 saturated heterocycles. The Morgan fingerprint density at radius 1 is 1.29 bits per heavy atom. The highest BCUT2D eigenvalue weighted by Crippen LogP contribution is 2.11. The molecule has 0 aliphatic heterocycles. The van der Waals surface area contributed by atoms with Crippen LogP contribution in [0.2, 0.25) is 0 Å². The number of alkyl halides is 1. The third-order valence-electron chi connectivity index (χ3n) is 2.15. The van der Waals surface area contributed by atoms with Crippen molar-refractivity contribution in [3.05, 3.63) is 29.8 Å². The van der Waals surface area contributed by atoms with Crippen molar-refractivity contribution in [2.24, 2.45) is 0 Å². The topological polar surface area (TPSA) is 12.5 Å². The van der Waals surface area contributed by atoms with Crippen LogP contribution in [0.5, 0.6) is 5.75 Å². The second-order valence-electron chi connectivity index (χ2n) is 3.30. The lowest BCUT2D eigenvalue weighted by atomic mass is 10.1. The van der Waals surface area contributed by atoms with Gasteiger partial charge in [0.05, 0.1) is 12.6 Å². The van der Waals surface area contributed by atoms with Gasteiger partial charge in [-0.1, -0.05) is 28.1 Å². The number of rotatable bonds is 5. The molecule has 0 fully saturated rings. The van der Waals surface area contributed by atoms with Crippen LogP contribution in [-0.2, 0) is 6.42 Å². The normalized spacial score (nSPS) is 10.6. The number of benzene rings is 1. The molecule has 14 heavy (non-hydrogen) atoms. The van der Waals surface area contributed by atoms with Crippen LogP contribution < -0.4 is 4.74 Å². The molecule has 0 bridgehead atoms. The fourth-order valence-electron chi connectivity index (χ4n) is 1.17. The first-order chi connectivity index (χ1) is 6.76. The Labute approximate surface area is 94.0 Å². The summed E-state index contributed by atoms with van der Waals surface area (Å²) in [5.41, 5.74) is 2.27. The monoisotopic (exact) mass is 257 g/mol. The quantitative estimate of drug-likeness (QED) is 0.594. The van der Waals surface area contributed by atoms with Crippen molar-refractivity contribution in [1.82, 2.24) is 4.90 Å². The molecule has 78 valence electrons. The fourth-order valence-corrected chi connectivity index (χ4v) is 1.42. The Balaban J connectivity index is 2.43. The summed E-state index contributed by atoms with van der Waals surface area (Å²) >= 11 is 3.42. The molecule has 1 rings (SSSR count). The second kappa shape index (κ2) is 6.04. The van der Waals surface area contributed by atoms with Gasteiger partial charge >= 0.3 is 0 Å². The summed E-state index contributed by atoms with van der Waals surface area (Å²) in [6.45, 7) is 1.07. The molecule has 2 nitrogen and oxygen atoms in total. The van der Waals surface area contributed by atoms with Gasteiger partial charge in [0.25, 0.3) is 0 Å². The summed E-state index contributed by atoms with van der Waals surface area (Å²) in [6.07, 6.45) is 1.08. The number of hydrogen-bond acceptors (Lipinski definition) is 2. The van der Waals surface area contributed by atoms with Gasteiger partial charge < -0.3 is 4.74 Å². The Bertz CT molecular complexity index is 260. The van der Waals surface area contributed by atoms with Crippen LogP contribution in [0.1, 0.15) is 5.56 Å². The lowest BCUT2D eigenvalue weighted by Gasteiger charge is -2.12. The van der Waals surface area contributed by atoms with Gasteiger partial charge in [0, 0.05) is 6.54 Å². The molecule has 0 spiro atoms. The summed E-state index contributed by atoms with van der Waals surface area (Å²) in [7, 11) is 3.78. The van der Waals surface area contributed by atoms with Crippen LogP contribution in [0, 0.1) is 0 Å². The summed E-state index contributed by atoms with van der Waals surface area (Å²) < 4.78 is 5.10. The van der Waals surface area contributed by atoms with Crippen LogP contribution in [0.15, 0.2) is 24.3 Å². The van der Waals surface area contributed by atoms with Crippen molar-refractivity contribution in [3.8, 4) is 5.75 Å². The van der Waals surface area contributed by atoms with Gasteiger partial charge in [-0.15, -0.1) is 0 Å². The molecule has 0 unspecified atom stereocenters. The predicted octanol–water partition coefficient (Wildman–Crippen LogP) is 2.52. The van der Waals surface area contributed by atoms with Crippen LogP contribution in [0.4, 0.5) is 0 Å². The Morgan fingerprint density at radius 3 is 2.43 bits per heavy atom. The molecule has 1 aromatic rings. The highest BCUT2D eigenvalue weighted by atomic mass is 79.9. The first-order valence-corrected chi connectivity index (χ1v) is 5.76. The molecule has 0 aliphatic rings. The van der Waals surface area contributed by atoms with Gasteiger partial charge in [-0.2, -0.15) is 0 Å². The van der Waals surface area contributed by atoms with Crippen molar-refractivity contribution in [2.45, 2.75) is 6.42 Å².